The lowest BCUT2D eigenvalue weighted by Crippen LogP contribution is -2.57. The van der Waals surface area contributed by atoms with Crippen LogP contribution in [0.25, 0.3) is 0 Å². The summed E-state index contributed by atoms with van der Waals surface area (Å²) in [5.41, 5.74) is -0.548. The topological polar surface area (TPSA) is 96.7 Å². The highest BCUT2D eigenvalue weighted by atomic mass is 19.4. The van der Waals surface area contributed by atoms with E-state index in [-0.39, 0.29) is 24.4 Å². The maximum Gasteiger partial charge on any atom is 0.405 e. The monoisotopic (exact) mass is 376 g/mol. The van der Waals surface area contributed by atoms with Crippen LogP contribution in [0.2, 0.25) is 0 Å². The van der Waals surface area contributed by atoms with Crippen LogP contribution in [-0.4, -0.2) is 67.8 Å². The Labute approximate surface area is 147 Å². The van der Waals surface area contributed by atoms with E-state index in [1.165, 1.54) is 24.1 Å². The van der Waals surface area contributed by atoms with Crippen molar-refractivity contribution in [1.82, 2.24) is 15.5 Å². The highest BCUT2D eigenvalue weighted by Crippen LogP contribution is 2.28. The van der Waals surface area contributed by atoms with Gasteiger partial charge in [-0.25, -0.2) is 0 Å². The number of nitrogens with zero attached hydrogens (tertiary/aromatic N) is 2. The third-order valence-corrected chi connectivity index (χ3v) is 4.06. The Balaban J connectivity index is 2.10. The van der Waals surface area contributed by atoms with Gasteiger partial charge in [0.15, 0.2) is 5.75 Å². The number of hydrogen-bond acceptors (Lipinski definition) is 6. The van der Waals surface area contributed by atoms with E-state index in [1.54, 1.807) is 0 Å². The maximum absolute atomic E-state index is 13.3. The number of carbonyl (C=O) groups is 1. The van der Waals surface area contributed by atoms with Gasteiger partial charge in [0.25, 0.3) is 5.91 Å². The number of nitrogens with one attached hydrogen (secondary N) is 2. The molecule has 1 amide bonds. The van der Waals surface area contributed by atoms with E-state index < -0.39 is 35.3 Å². The summed E-state index contributed by atoms with van der Waals surface area (Å²) < 4.78 is 44.7. The average Bonchev–Trinajstić information content (AvgIpc) is 2.60. The zero-order chi connectivity index (χ0) is 19.3. The molecule has 8 nitrogen and oxygen atoms in total. The highest BCUT2D eigenvalue weighted by molar-refractivity contribution is 5.95. The van der Waals surface area contributed by atoms with Crippen LogP contribution in [0.15, 0.2) is 18.2 Å². The third kappa shape index (κ3) is 4.82. The highest BCUT2D eigenvalue weighted by Gasteiger charge is 2.43. The van der Waals surface area contributed by atoms with E-state index >= 15 is 0 Å². The minimum absolute atomic E-state index is 0.0412. The summed E-state index contributed by atoms with van der Waals surface area (Å²) in [5, 5.41) is 16.2. The fourth-order valence-corrected chi connectivity index (χ4v) is 2.71. The number of methoxy groups -OCH3 is 1. The number of benzene rings is 1. The number of alkyl halides is 3. The first-order chi connectivity index (χ1) is 12.2. The molecule has 1 aliphatic heterocycles. The number of nitro benzene ring substituents is 1. The van der Waals surface area contributed by atoms with Crippen LogP contribution in [0.5, 0.6) is 5.75 Å². The van der Waals surface area contributed by atoms with Crippen molar-refractivity contribution in [3.63, 3.8) is 0 Å². The van der Waals surface area contributed by atoms with Gasteiger partial charge in [-0.15, -0.1) is 0 Å². The number of hydrogen-bond donors (Lipinski definition) is 2. The normalized spacial score (nSPS) is 16.8. The predicted molar refractivity (Wildman–Crippen MR) is 86.3 cm³/mol. The van der Waals surface area contributed by atoms with Gasteiger partial charge in [0.2, 0.25) is 0 Å². The molecule has 0 aliphatic carbocycles. The van der Waals surface area contributed by atoms with Crippen molar-refractivity contribution < 1.29 is 27.6 Å². The van der Waals surface area contributed by atoms with Crippen molar-refractivity contribution in [2.45, 2.75) is 12.2 Å². The molecule has 1 unspecified atom stereocenters. The van der Waals surface area contributed by atoms with Crippen molar-refractivity contribution in [1.29, 1.82) is 0 Å². The van der Waals surface area contributed by atoms with Crippen LogP contribution < -0.4 is 15.4 Å². The first-order valence-corrected chi connectivity index (χ1v) is 7.86. The van der Waals surface area contributed by atoms with E-state index in [2.05, 4.69) is 10.6 Å². The summed E-state index contributed by atoms with van der Waals surface area (Å²) in [7, 11) is 1.24. The average molecular weight is 376 g/mol. The molecule has 0 bridgehead atoms. The molecule has 1 fully saturated rings. The zero-order valence-electron chi connectivity index (χ0n) is 14.0. The summed E-state index contributed by atoms with van der Waals surface area (Å²) in [6.07, 6.45) is -4.50. The van der Waals surface area contributed by atoms with Crippen LogP contribution in [0.1, 0.15) is 10.4 Å². The second kappa shape index (κ2) is 8.32. The molecule has 1 aromatic carbocycles. The van der Waals surface area contributed by atoms with Crippen molar-refractivity contribution in [3.8, 4) is 5.75 Å². The van der Waals surface area contributed by atoms with Crippen LogP contribution in [0.3, 0.4) is 0 Å². The summed E-state index contributed by atoms with van der Waals surface area (Å²) in [4.78, 5) is 23.7. The van der Waals surface area contributed by atoms with Crippen LogP contribution in [0.4, 0.5) is 18.9 Å². The van der Waals surface area contributed by atoms with Gasteiger partial charge in [0.05, 0.1) is 12.0 Å². The van der Waals surface area contributed by atoms with Crippen molar-refractivity contribution in [2.75, 3.05) is 39.8 Å². The molecule has 1 saturated heterocycles. The molecule has 2 N–H and O–H groups in total. The maximum atomic E-state index is 13.3. The molecular formula is C15H19F3N4O4. The number of nitro groups is 1. The summed E-state index contributed by atoms with van der Waals surface area (Å²) >= 11 is 0. The quantitative estimate of drug-likeness (QED) is 0.572. The first kappa shape index (κ1) is 19.9. The molecule has 1 atom stereocenters. The molecular weight excluding hydrogens is 357 g/mol. The van der Waals surface area contributed by atoms with E-state index in [0.717, 1.165) is 6.07 Å². The van der Waals surface area contributed by atoms with Gasteiger partial charge in [-0.05, 0) is 12.1 Å². The third-order valence-electron chi connectivity index (χ3n) is 4.06. The second-order valence-corrected chi connectivity index (χ2v) is 5.70. The smallest absolute Gasteiger partial charge is 0.405 e. The fraction of sp³-hybridized carbons (Fsp3) is 0.533. The molecule has 0 saturated carbocycles. The molecule has 11 heteroatoms. The Hall–Kier alpha value is -2.40. The van der Waals surface area contributed by atoms with Gasteiger partial charge in [0.1, 0.15) is 6.04 Å². The summed E-state index contributed by atoms with van der Waals surface area (Å²) in [5.74, 6) is -0.860. The Morgan fingerprint density at radius 3 is 2.62 bits per heavy atom. The number of carbonyl (C=O) groups excluding carboxylic acids is 1. The Morgan fingerprint density at radius 1 is 1.42 bits per heavy atom. The van der Waals surface area contributed by atoms with Crippen LogP contribution >= 0.6 is 0 Å². The Morgan fingerprint density at radius 2 is 2.08 bits per heavy atom. The molecule has 0 spiro atoms. The van der Waals surface area contributed by atoms with E-state index in [0.29, 0.717) is 13.1 Å². The largest absolute Gasteiger partial charge is 0.490 e. The van der Waals surface area contributed by atoms with Gasteiger partial charge < -0.3 is 15.4 Å². The molecule has 26 heavy (non-hydrogen) atoms. The SMILES string of the molecule is COc1ccc(C(=O)NCC(N2CCNCC2)C(F)(F)F)cc1[N+](=O)[O-]. The molecule has 144 valence electrons. The van der Waals surface area contributed by atoms with E-state index in [1.807, 2.05) is 0 Å². The lowest BCUT2D eigenvalue weighted by Gasteiger charge is -2.35. The number of halogens is 3. The fourth-order valence-electron chi connectivity index (χ4n) is 2.71. The number of ether oxygens (including phenoxy) is 1. The van der Waals surface area contributed by atoms with Gasteiger partial charge in [-0.2, -0.15) is 13.2 Å². The second-order valence-electron chi connectivity index (χ2n) is 5.70. The van der Waals surface area contributed by atoms with Gasteiger partial charge in [0, 0.05) is 44.4 Å². The Kier molecular flexibility index (Phi) is 6.37. The van der Waals surface area contributed by atoms with Crippen LogP contribution in [-0.2, 0) is 0 Å². The van der Waals surface area contributed by atoms with E-state index in [9.17, 15) is 28.1 Å². The lowest BCUT2D eigenvalue weighted by atomic mass is 10.1. The van der Waals surface area contributed by atoms with Gasteiger partial charge in [-0.3, -0.25) is 19.8 Å². The summed E-state index contributed by atoms with van der Waals surface area (Å²) in [6.45, 7) is 0.667. The Bertz CT molecular complexity index is 663. The minimum Gasteiger partial charge on any atom is -0.490 e. The number of piperazine rings is 1. The molecule has 0 radical (unpaired) electrons. The molecule has 0 aromatic heterocycles. The van der Waals surface area contributed by atoms with Gasteiger partial charge in [-0.1, -0.05) is 0 Å². The van der Waals surface area contributed by atoms with Crippen LogP contribution in [0, 0.1) is 10.1 Å². The molecule has 2 rings (SSSR count). The van der Waals surface area contributed by atoms with Crippen molar-refractivity contribution in [3.05, 3.63) is 33.9 Å². The van der Waals surface area contributed by atoms with Crippen molar-refractivity contribution >= 4 is 11.6 Å². The van der Waals surface area contributed by atoms with Crippen molar-refractivity contribution in [2.24, 2.45) is 0 Å². The zero-order valence-corrected chi connectivity index (χ0v) is 14.0. The minimum atomic E-state index is -4.50. The van der Waals surface area contributed by atoms with E-state index in [4.69, 9.17) is 4.74 Å². The molecule has 1 aliphatic rings. The summed E-state index contributed by atoms with van der Waals surface area (Å²) in [6, 6.07) is 1.64. The standard InChI is InChI=1S/C15H19F3N4O4/c1-26-12-3-2-10(8-11(12)22(24)25)14(23)20-9-13(15(16,17)18)21-6-4-19-5-7-21/h2-3,8,13,19H,4-7,9H2,1H3,(H,20,23). The predicted octanol–water partition coefficient (Wildman–Crippen LogP) is 1.17. The first-order valence-electron chi connectivity index (χ1n) is 7.86. The lowest BCUT2D eigenvalue weighted by molar-refractivity contribution is -0.385. The van der Waals surface area contributed by atoms with Gasteiger partial charge >= 0.3 is 11.9 Å². The number of amides is 1. The molecule has 1 heterocycles. The number of rotatable bonds is 6. The molecule has 1 aromatic rings.